The molecule has 0 amide bonds. The predicted molar refractivity (Wildman–Crippen MR) is 145 cm³/mol. The SMILES string of the molecule is O=C1C=CC2C(=C1)Oc1ccccc1C2c1ccc(NC(=S)NCCN(CCOO)CC(=O)O)cc1C(=O)O. The summed E-state index contributed by atoms with van der Waals surface area (Å²) in [5, 5.41) is 33.8. The van der Waals surface area contributed by atoms with Crippen molar-refractivity contribution in [2.24, 2.45) is 5.92 Å². The van der Waals surface area contributed by atoms with Crippen molar-refractivity contribution >= 4 is 40.7 Å². The van der Waals surface area contributed by atoms with Crippen LogP contribution in [0.3, 0.4) is 0 Å². The fraction of sp³-hybridized carbons (Fsp3) is 0.259. The summed E-state index contributed by atoms with van der Waals surface area (Å²) in [4.78, 5) is 41.0. The maximum Gasteiger partial charge on any atom is 0.336 e. The fourth-order valence-electron chi connectivity index (χ4n) is 4.69. The van der Waals surface area contributed by atoms with Gasteiger partial charge in [-0.3, -0.25) is 19.7 Å². The summed E-state index contributed by atoms with van der Waals surface area (Å²) in [6, 6.07) is 12.3. The highest BCUT2D eigenvalue weighted by atomic mass is 32.1. The summed E-state index contributed by atoms with van der Waals surface area (Å²) in [6.07, 6.45) is 4.64. The van der Waals surface area contributed by atoms with Gasteiger partial charge in [-0.25, -0.2) is 9.68 Å². The minimum absolute atomic E-state index is 0.0396. The van der Waals surface area contributed by atoms with Crippen LogP contribution in [0.25, 0.3) is 0 Å². The second-order valence-corrected chi connectivity index (χ2v) is 9.35. The largest absolute Gasteiger partial charge is 0.480 e. The Kier molecular flexibility index (Phi) is 9.04. The van der Waals surface area contributed by atoms with E-state index in [1.807, 2.05) is 18.2 Å². The Bertz CT molecular complexity index is 1340. The average Bonchev–Trinajstić information content (AvgIpc) is 2.90. The van der Waals surface area contributed by atoms with E-state index in [1.165, 1.54) is 18.2 Å². The summed E-state index contributed by atoms with van der Waals surface area (Å²) in [7, 11) is 0. The molecule has 1 heterocycles. The molecule has 0 saturated carbocycles. The highest BCUT2D eigenvalue weighted by Crippen LogP contribution is 2.48. The zero-order valence-electron chi connectivity index (χ0n) is 20.7. The number of carbonyl (C=O) groups is 3. The summed E-state index contributed by atoms with van der Waals surface area (Å²) in [6.45, 7) is 0.556. The molecule has 0 aromatic heterocycles. The number of hydrogen-bond donors (Lipinski definition) is 5. The lowest BCUT2D eigenvalue weighted by Crippen LogP contribution is -2.40. The number of hydrogen-bond acceptors (Lipinski definition) is 8. The molecule has 204 valence electrons. The minimum Gasteiger partial charge on any atom is -0.480 e. The third-order valence-corrected chi connectivity index (χ3v) is 6.62. The molecule has 11 nitrogen and oxygen atoms in total. The molecule has 2 unspecified atom stereocenters. The number of aliphatic carboxylic acids is 1. The highest BCUT2D eigenvalue weighted by molar-refractivity contribution is 7.80. The van der Waals surface area contributed by atoms with Gasteiger partial charge in [0, 0.05) is 48.8 Å². The van der Waals surface area contributed by atoms with Gasteiger partial charge in [-0.15, -0.1) is 0 Å². The molecule has 0 fully saturated rings. The Balaban J connectivity index is 1.52. The predicted octanol–water partition coefficient (Wildman–Crippen LogP) is 2.71. The lowest BCUT2D eigenvalue weighted by molar-refractivity contribution is -0.244. The number of allylic oxidation sites excluding steroid dienone is 3. The third-order valence-electron chi connectivity index (χ3n) is 6.37. The molecule has 12 heteroatoms. The van der Waals surface area contributed by atoms with Gasteiger partial charge in [0.2, 0.25) is 0 Å². The van der Waals surface area contributed by atoms with Gasteiger partial charge in [0.05, 0.1) is 18.7 Å². The van der Waals surface area contributed by atoms with Crippen molar-refractivity contribution in [3.63, 3.8) is 0 Å². The number of para-hydroxylation sites is 1. The van der Waals surface area contributed by atoms with Crippen LogP contribution in [-0.2, 0) is 14.5 Å². The van der Waals surface area contributed by atoms with Gasteiger partial charge in [0.25, 0.3) is 0 Å². The van der Waals surface area contributed by atoms with E-state index in [2.05, 4.69) is 15.5 Å². The van der Waals surface area contributed by atoms with E-state index in [4.69, 9.17) is 27.3 Å². The van der Waals surface area contributed by atoms with Crippen LogP contribution in [0.2, 0.25) is 0 Å². The first-order valence-corrected chi connectivity index (χ1v) is 12.5. The number of carboxylic acid groups (broad SMARTS) is 2. The summed E-state index contributed by atoms with van der Waals surface area (Å²) in [5.41, 5.74) is 1.91. The first-order valence-electron chi connectivity index (χ1n) is 12.1. The number of nitrogens with one attached hydrogen (secondary N) is 2. The molecular weight excluding hydrogens is 526 g/mol. The third kappa shape index (κ3) is 6.86. The molecule has 1 aliphatic carbocycles. The first kappa shape index (κ1) is 27.9. The standard InChI is InChI=1S/C27H27N3O8S/c31-17-6-8-20-23(14-17)38-22-4-2-1-3-19(22)25(20)18-7-5-16(13-21(18)26(34)35)29-27(39)28-9-10-30(11-12-37-36)15-24(32)33/h1-8,13-14,20,25,36H,9-12,15H2,(H,32,33)(H,34,35)(H2,28,29,39). The Morgan fingerprint density at radius 3 is 2.64 bits per heavy atom. The number of anilines is 1. The van der Waals surface area contributed by atoms with Gasteiger partial charge >= 0.3 is 11.9 Å². The number of aromatic carboxylic acids is 1. The minimum atomic E-state index is -1.12. The molecule has 0 radical (unpaired) electrons. The molecule has 2 aromatic carbocycles. The van der Waals surface area contributed by atoms with Crippen molar-refractivity contribution in [2.75, 3.05) is 38.1 Å². The second-order valence-electron chi connectivity index (χ2n) is 8.94. The van der Waals surface area contributed by atoms with Crippen LogP contribution in [0.15, 0.2) is 66.5 Å². The van der Waals surface area contributed by atoms with Crippen molar-refractivity contribution in [3.05, 3.63) is 83.1 Å². The van der Waals surface area contributed by atoms with E-state index in [9.17, 15) is 19.5 Å². The summed E-state index contributed by atoms with van der Waals surface area (Å²) in [5.74, 6) is -2.02. The van der Waals surface area contributed by atoms with Crippen LogP contribution in [0.5, 0.6) is 5.75 Å². The number of ketones is 1. The van der Waals surface area contributed by atoms with Gasteiger partial charge in [-0.1, -0.05) is 30.3 Å². The van der Waals surface area contributed by atoms with Crippen molar-refractivity contribution < 1.29 is 39.5 Å². The zero-order valence-corrected chi connectivity index (χ0v) is 21.5. The molecule has 39 heavy (non-hydrogen) atoms. The number of benzene rings is 2. The quantitative estimate of drug-likeness (QED) is 0.158. The summed E-state index contributed by atoms with van der Waals surface area (Å²) >= 11 is 5.34. The maximum atomic E-state index is 12.4. The highest BCUT2D eigenvalue weighted by Gasteiger charge is 2.38. The van der Waals surface area contributed by atoms with E-state index in [0.29, 0.717) is 35.8 Å². The zero-order chi connectivity index (χ0) is 27.9. The van der Waals surface area contributed by atoms with Crippen LogP contribution in [0.4, 0.5) is 5.69 Å². The number of ether oxygens (including phenoxy) is 1. The number of fused-ring (bicyclic) bond motifs is 2. The van der Waals surface area contributed by atoms with Crippen LogP contribution < -0.4 is 15.4 Å². The van der Waals surface area contributed by atoms with Gasteiger partial charge in [-0.2, -0.15) is 0 Å². The van der Waals surface area contributed by atoms with E-state index >= 15 is 0 Å². The molecule has 5 N–H and O–H groups in total. The lowest BCUT2D eigenvalue weighted by atomic mass is 9.74. The number of thiocarbonyl (C=S) groups is 1. The van der Waals surface area contributed by atoms with Crippen molar-refractivity contribution in [3.8, 4) is 5.75 Å². The monoisotopic (exact) mass is 553 g/mol. The smallest absolute Gasteiger partial charge is 0.336 e. The van der Waals surface area contributed by atoms with Crippen LogP contribution in [0, 0.1) is 5.92 Å². The van der Waals surface area contributed by atoms with Crippen molar-refractivity contribution in [2.45, 2.75) is 5.92 Å². The Hall–Kier alpha value is -4.10. The molecular formula is C27H27N3O8S. The maximum absolute atomic E-state index is 12.4. The first-order chi connectivity index (χ1) is 18.8. The van der Waals surface area contributed by atoms with Gasteiger partial charge < -0.3 is 25.6 Å². The number of nitrogens with zero attached hydrogens (tertiary/aromatic N) is 1. The normalized spacial score (nSPS) is 17.5. The van der Waals surface area contributed by atoms with E-state index < -0.39 is 11.9 Å². The molecule has 2 aliphatic rings. The Morgan fingerprint density at radius 1 is 1.10 bits per heavy atom. The second kappa shape index (κ2) is 12.6. The molecule has 1 aliphatic heterocycles. The molecule has 2 aromatic rings. The Morgan fingerprint density at radius 2 is 1.90 bits per heavy atom. The van der Waals surface area contributed by atoms with E-state index in [0.717, 1.165) is 5.56 Å². The summed E-state index contributed by atoms with van der Waals surface area (Å²) < 4.78 is 5.98. The number of carboxylic acids is 2. The molecule has 0 saturated heterocycles. The van der Waals surface area contributed by atoms with Crippen LogP contribution in [-0.4, -0.2) is 76.0 Å². The topological polar surface area (TPSA) is 158 Å². The van der Waals surface area contributed by atoms with Crippen LogP contribution in [0.1, 0.15) is 27.4 Å². The van der Waals surface area contributed by atoms with Crippen molar-refractivity contribution in [1.82, 2.24) is 10.2 Å². The number of carbonyl (C=O) groups excluding carboxylic acids is 1. The van der Waals surface area contributed by atoms with Gasteiger partial charge in [0.1, 0.15) is 11.5 Å². The molecule has 4 rings (SSSR count). The van der Waals surface area contributed by atoms with Crippen molar-refractivity contribution in [1.29, 1.82) is 0 Å². The van der Waals surface area contributed by atoms with E-state index in [1.54, 1.807) is 29.2 Å². The fourth-order valence-corrected chi connectivity index (χ4v) is 4.91. The lowest BCUT2D eigenvalue weighted by Gasteiger charge is -2.35. The molecule has 0 bridgehead atoms. The van der Waals surface area contributed by atoms with E-state index in [-0.39, 0.29) is 48.0 Å². The van der Waals surface area contributed by atoms with Gasteiger partial charge in [-0.05, 0) is 42.1 Å². The van der Waals surface area contributed by atoms with Gasteiger partial charge in [0.15, 0.2) is 10.9 Å². The molecule has 2 atom stereocenters. The number of rotatable bonds is 11. The molecule has 0 spiro atoms. The average molecular weight is 554 g/mol. The Labute approximate surface area is 229 Å². The van der Waals surface area contributed by atoms with Crippen LogP contribution >= 0.6 is 12.2 Å².